The summed E-state index contributed by atoms with van der Waals surface area (Å²) in [7, 11) is 1.64. The van der Waals surface area contributed by atoms with E-state index in [4.69, 9.17) is 10.6 Å². The standard InChI is InChI=1S/C7H11BrN2O/c1-5-7(11-2)3-6(8)4-10(5)9/h3-5H,9H2,1-2H3. The molecule has 3 nitrogen and oxygen atoms in total. The van der Waals surface area contributed by atoms with Gasteiger partial charge < -0.3 is 9.75 Å². The van der Waals surface area contributed by atoms with Crippen molar-refractivity contribution in [3.63, 3.8) is 0 Å². The van der Waals surface area contributed by atoms with E-state index in [1.54, 1.807) is 12.1 Å². The summed E-state index contributed by atoms with van der Waals surface area (Å²) in [6.45, 7) is 1.98. The van der Waals surface area contributed by atoms with E-state index in [0.29, 0.717) is 0 Å². The first-order valence-electron chi connectivity index (χ1n) is 3.31. The molecule has 0 spiro atoms. The van der Waals surface area contributed by atoms with Crippen molar-refractivity contribution in [1.29, 1.82) is 0 Å². The number of nitrogens with two attached hydrogens (primary N) is 1. The van der Waals surface area contributed by atoms with E-state index in [2.05, 4.69) is 15.9 Å². The molecule has 11 heavy (non-hydrogen) atoms. The molecule has 0 aromatic rings. The number of nitrogens with zero attached hydrogens (tertiary/aromatic N) is 1. The van der Waals surface area contributed by atoms with Crippen LogP contribution in [0.3, 0.4) is 0 Å². The fourth-order valence-corrected chi connectivity index (χ4v) is 1.39. The van der Waals surface area contributed by atoms with Gasteiger partial charge in [0.05, 0.1) is 13.2 Å². The average molecular weight is 219 g/mol. The Balaban J connectivity index is 2.84. The maximum atomic E-state index is 5.64. The molecule has 1 rings (SSSR count). The Morgan fingerprint density at radius 2 is 2.36 bits per heavy atom. The van der Waals surface area contributed by atoms with Crippen LogP contribution in [0, 0.1) is 0 Å². The molecule has 1 heterocycles. The Hall–Kier alpha value is -0.480. The van der Waals surface area contributed by atoms with Gasteiger partial charge in [0.2, 0.25) is 0 Å². The van der Waals surface area contributed by atoms with Gasteiger partial charge in [-0.3, -0.25) is 0 Å². The van der Waals surface area contributed by atoms with E-state index in [1.807, 2.05) is 19.2 Å². The number of hydrogen-bond donors (Lipinski definition) is 1. The molecule has 1 aliphatic heterocycles. The van der Waals surface area contributed by atoms with Gasteiger partial charge >= 0.3 is 0 Å². The molecule has 0 amide bonds. The Bertz CT molecular complexity index is 212. The summed E-state index contributed by atoms with van der Waals surface area (Å²) in [5, 5.41) is 1.60. The minimum absolute atomic E-state index is 0.112. The third-order valence-corrected chi connectivity index (χ3v) is 2.08. The van der Waals surface area contributed by atoms with Crippen molar-refractivity contribution in [2.45, 2.75) is 13.0 Å². The molecule has 0 aromatic heterocycles. The van der Waals surface area contributed by atoms with E-state index in [9.17, 15) is 0 Å². The van der Waals surface area contributed by atoms with Crippen LogP contribution in [-0.2, 0) is 4.74 Å². The van der Waals surface area contributed by atoms with Crippen LogP contribution in [0.15, 0.2) is 22.5 Å². The molecule has 0 fully saturated rings. The van der Waals surface area contributed by atoms with Crippen LogP contribution in [0.4, 0.5) is 0 Å². The smallest absolute Gasteiger partial charge is 0.120 e. The highest BCUT2D eigenvalue weighted by molar-refractivity contribution is 9.11. The average Bonchev–Trinajstić information content (AvgIpc) is 1.96. The van der Waals surface area contributed by atoms with Gasteiger partial charge in [0.25, 0.3) is 0 Å². The minimum atomic E-state index is 0.112. The summed E-state index contributed by atoms with van der Waals surface area (Å²) in [6.07, 6.45) is 3.72. The van der Waals surface area contributed by atoms with Gasteiger partial charge in [0.15, 0.2) is 0 Å². The molecule has 1 aliphatic rings. The van der Waals surface area contributed by atoms with Gasteiger partial charge in [0, 0.05) is 10.7 Å². The number of hydrazine groups is 1. The lowest BCUT2D eigenvalue weighted by atomic mass is 10.2. The molecule has 0 saturated carbocycles. The lowest BCUT2D eigenvalue weighted by Gasteiger charge is -2.27. The van der Waals surface area contributed by atoms with Gasteiger partial charge in [-0.15, -0.1) is 0 Å². The number of hydrogen-bond acceptors (Lipinski definition) is 3. The van der Waals surface area contributed by atoms with E-state index in [0.717, 1.165) is 10.2 Å². The predicted molar refractivity (Wildman–Crippen MR) is 47.6 cm³/mol. The maximum absolute atomic E-state index is 5.64. The van der Waals surface area contributed by atoms with Gasteiger partial charge in [-0.2, -0.15) is 0 Å². The van der Waals surface area contributed by atoms with E-state index >= 15 is 0 Å². The Morgan fingerprint density at radius 1 is 1.73 bits per heavy atom. The monoisotopic (exact) mass is 218 g/mol. The second-order valence-electron chi connectivity index (χ2n) is 2.39. The number of halogens is 1. The third kappa shape index (κ3) is 1.75. The summed E-state index contributed by atoms with van der Waals surface area (Å²) in [4.78, 5) is 0. The number of allylic oxidation sites excluding steroid dienone is 2. The van der Waals surface area contributed by atoms with Crippen LogP contribution in [-0.4, -0.2) is 18.2 Å². The van der Waals surface area contributed by atoms with Gasteiger partial charge in [-0.1, -0.05) is 0 Å². The summed E-state index contributed by atoms with van der Waals surface area (Å²) in [5.74, 6) is 6.50. The first kappa shape index (κ1) is 8.62. The second-order valence-corrected chi connectivity index (χ2v) is 3.30. The minimum Gasteiger partial charge on any atom is -0.499 e. The van der Waals surface area contributed by atoms with Crippen molar-refractivity contribution in [3.05, 3.63) is 22.5 Å². The highest BCUT2D eigenvalue weighted by Gasteiger charge is 2.17. The lowest BCUT2D eigenvalue weighted by molar-refractivity contribution is 0.197. The van der Waals surface area contributed by atoms with Crippen molar-refractivity contribution in [2.24, 2.45) is 5.84 Å². The van der Waals surface area contributed by atoms with E-state index < -0.39 is 0 Å². The summed E-state index contributed by atoms with van der Waals surface area (Å²) in [6, 6.07) is 0.112. The van der Waals surface area contributed by atoms with Crippen molar-refractivity contribution in [3.8, 4) is 0 Å². The molecule has 62 valence electrons. The largest absolute Gasteiger partial charge is 0.499 e. The van der Waals surface area contributed by atoms with Crippen molar-refractivity contribution >= 4 is 15.9 Å². The van der Waals surface area contributed by atoms with Crippen LogP contribution < -0.4 is 5.84 Å². The number of methoxy groups -OCH3 is 1. The van der Waals surface area contributed by atoms with Crippen LogP contribution >= 0.6 is 15.9 Å². The first-order valence-corrected chi connectivity index (χ1v) is 4.10. The Kier molecular flexibility index (Phi) is 2.57. The molecule has 0 aromatic carbocycles. The zero-order chi connectivity index (χ0) is 8.43. The molecular weight excluding hydrogens is 208 g/mol. The Morgan fingerprint density at radius 3 is 2.91 bits per heavy atom. The molecule has 0 radical (unpaired) electrons. The van der Waals surface area contributed by atoms with Gasteiger partial charge in [-0.05, 0) is 28.9 Å². The zero-order valence-corrected chi connectivity index (χ0v) is 8.13. The first-order chi connectivity index (χ1) is 5.15. The number of ether oxygens (including phenoxy) is 1. The van der Waals surface area contributed by atoms with Crippen LogP contribution in [0.1, 0.15) is 6.92 Å². The quantitative estimate of drug-likeness (QED) is 0.676. The molecule has 1 atom stereocenters. The van der Waals surface area contributed by atoms with Crippen molar-refractivity contribution < 1.29 is 4.74 Å². The van der Waals surface area contributed by atoms with Crippen LogP contribution in [0.2, 0.25) is 0 Å². The molecule has 1 unspecified atom stereocenters. The second kappa shape index (κ2) is 3.28. The van der Waals surface area contributed by atoms with Crippen LogP contribution in [0.5, 0.6) is 0 Å². The highest BCUT2D eigenvalue weighted by atomic mass is 79.9. The van der Waals surface area contributed by atoms with Crippen LogP contribution in [0.25, 0.3) is 0 Å². The fourth-order valence-electron chi connectivity index (χ4n) is 0.924. The predicted octanol–water partition coefficient (Wildman–Crippen LogP) is 1.33. The fraction of sp³-hybridized carbons (Fsp3) is 0.429. The molecule has 0 bridgehead atoms. The van der Waals surface area contributed by atoms with Gasteiger partial charge in [-0.25, -0.2) is 5.84 Å². The van der Waals surface area contributed by atoms with E-state index in [-0.39, 0.29) is 6.04 Å². The molecule has 0 aliphatic carbocycles. The zero-order valence-electron chi connectivity index (χ0n) is 6.54. The summed E-state index contributed by atoms with van der Waals surface area (Å²) < 4.78 is 6.04. The van der Waals surface area contributed by atoms with Crippen molar-refractivity contribution in [1.82, 2.24) is 5.01 Å². The normalized spacial score (nSPS) is 24.4. The third-order valence-electron chi connectivity index (χ3n) is 1.65. The number of rotatable bonds is 1. The van der Waals surface area contributed by atoms with Crippen molar-refractivity contribution in [2.75, 3.05) is 7.11 Å². The Labute approximate surface area is 74.6 Å². The molecule has 2 N–H and O–H groups in total. The molecular formula is C7H11BrN2O. The molecule has 0 saturated heterocycles. The SMILES string of the molecule is COC1=CC(Br)=CN(N)C1C. The highest BCUT2D eigenvalue weighted by Crippen LogP contribution is 2.21. The lowest BCUT2D eigenvalue weighted by Crippen LogP contribution is -2.38. The maximum Gasteiger partial charge on any atom is 0.120 e. The molecule has 4 heteroatoms. The summed E-state index contributed by atoms with van der Waals surface area (Å²) in [5.41, 5.74) is 0. The van der Waals surface area contributed by atoms with E-state index in [1.165, 1.54) is 0 Å². The summed E-state index contributed by atoms with van der Waals surface area (Å²) >= 11 is 3.32. The topological polar surface area (TPSA) is 38.5 Å². The van der Waals surface area contributed by atoms with Gasteiger partial charge in [0.1, 0.15) is 5.76 Å².